The molecule has 0 aliphatic rings. The van der Waals surface area contributed by atoms with E-state index in [1.165, 1.54) is 0 Å². The van der Waals surface area contributed by atoms with E-state index in [1.54, 1.807) is 17.1 Å². The quantitative estimate of drug-likeness (QED) is 0.563. The highest BCUT2D eigenvalue weighted by Gasteiger charge is 2.14. The van der Waals surface area contributed by atoms with Crippen LogP contribution in [0.15, 0.2) is 69.8 Å². The molecule has 2 aromatic carbocycles. The fourth-order valence-electron chi connectivity index (χ4n) is 2.46. The second kappa shape index (κ2) is 6.52. The molecule has 7 heteroatoms. The van der Waals surface area contributed by atoms with Crippen molar-refractivity contribution >= 4 is 38.8 Å². The molecule has 2 aromatic heterocycles. The molecule has 6 nitrogen and oxygen atoms in total. The number of hydrogen-bond acceptors (Lipinski definition) is 4. The highest BCUT2D eigenvalue weighted by atomic mass is 79.9. The number of anilines is 1. The number of para-hydroxylation sites is 1. The number of nitrogens with zero attached hydrogens (tertiary/aromatic N) is 3. The lowest BCUT2D eigenvalue weighted by atomic mass is 10.2. The first-order chi connectivity index (χ1) is 12.2. The van der Waals surface area contributed by atoms with Crippen LogP contribution in [-0.4, -0.2) is 20.7 Å². The van der Waals surface area contributed by atoms with Crippen LogP contribution >= 0.6 is 15.9 Å². The van der Waals surface area contributed by atoms with Crippen LogP contribution in [0.3, 0.4) is 0 Å². The second-order valence-electron chi connectivity index (χ2n) is 5.49. The van der Waals surface area contributed by atoms with Crippen LogP contribution in [0.1, 0.15) is 16.1 Å². The SMILES string of the molecule is O=C(Nc1ncn(Cc2ccc(Br)cc2)n1)c1cc2ccccc2o1. The first kappa shape index (κ1) is 15.6. The summed E-state index contributed by atoms with van der Waals surface area (Å²) in [6.45, 7) is 0.570. The number of amides is 1. The summed E-state index contributed by atoms with van der Waals surface area (Å²) < 4.78 is 8.22. The van der Waals surface area contributed by atoms with Gasteiger partial charge in [0.2, 0.25) is 5.95 Å². The number of aromatic nitrogens is 3. The number of hydrogen-bond donors (Lipinski definition) is 1. The molecule has 124 valence electrons. The smallest absolute Gasteiger partial charge is 0.293 e. The van der Waals surface area contributed by atoms with E-state index in [0.29, 0.717) is 12.1 Å². The van der Waals surface area contributed by atoms with E-state index < -0.39 is 0 Å². The minimum Gasteiger partial charge on any atom is -0.451 e. The first-order valence-corrected chi connectivity index (χ1v) is 8.40. The Balaban J connectivity index is 1.46. The minimum atomic E-state index is -0.377. The maximum Gasteiger partial charge on any atom is 0.293 e. The van der Waals surface area contributed by atoms with E-state index in [0.717, 1.165) is 15.4 Å². The molecule has 0 saturated heterocycles. The predicted octanol–water partition coefficient (Wildman–Crippen LogP) is 4.09. The predicted molar refractivity (Wildman–Crippen MR) is 97.4 cm³/mol. The van der Waals surface area contributed by atoms with Crippen molar-refractivity contribution in [1.82, 2.24) is 14.8 Å². The van der Waals surface area contributed by atoms with E-state index in [4.69, 9.17) is 4.42 Å². The van der Waals surface area contributed by atoms with Gasteiger partial charge in [0.25, 0.3) is 5.91 Å². The van der Waals surface area contributed by atoms with E-state index in [-0.39, 0.29) is 17.6 Å². The van der Waals surface area contributed by atoms with Gasteiger partial charge in [0, 0.05) is 9.86 Å². The lowest BCUT2D eigenvalue weighted by Gasteiger charge is -2.01. The second-order valence-corrected chi connectivity index (χ2v) is 6.41. The number of nitrogens with one attached hydrogen (secondary N) is 1. The molecule has 0 spiro atoms. The van der Waals surface area contributed by atoms with Crippen molar-refractivity contribution in [3.63, 3.8) is 0 Å². The average molecular weight is 397 g/mol. The van der Waals surface area contributed by atoms with Crippen molar-refractivity contribution < 1.29 is 9.21 Å². The van der Waals surface area contributed by atoms with Crippen LogP contribution in [0.4, 0.5) is 5.95 Å². The van der Waals surface area contributed by atoms with Crippen LogP contribution in [0, 0.1) is 0 Å². The number of furan rings is 1. The van der Waals surface area contributed by atoms with Gasteiger partial charge in [-0.2, -0.15) is 0 Å². The Morgan fingerprint density at radius 2 is 1.96 bits per heavy atom. The summed E-state index contributed by atoms with van der Waals surface area (Å²) in [6, 6.07) is 17.1. The zero-order valence-corrected chi connectivity index (χ0v) is 14.6. The third kappa shape index (κ3) is 3.46. The summed E-state index contributed by atoms with van der Waals surface area (Å²) in [6.07, 6.45) is 1.58. The molecule has 4 rings (SSSR count). The van der Waals surface area contributed by atoms with Gasteiger partial charge in [-0.1, -0.05) is 46.3 Å². The van der Waals surface area contributed by atoms with Crippen molar-refractivity contribution in [1.29, 1.82) is 0 Å². The van der Waals surface area contributed by atoms with Gasteiger partial charge in [0.05, 0.1) is 6.54 Å². The molecule has 0 atom stereocenters. The van der Waals surface area contributed by atoms with Crippen molar-refractivity contribution in [2.75, 3.05) is 5.32 Å². The lowest BCUT2D eigenvalue weighted by Crippen LogP contribution is -2.12. The van der Waals surface area contributed by atoms with Crippen molar-refractivity contribution in [2.45, 2.75) is 6.54 Å². The van der Waals surface area contributed by atoms with Crippen molar-refractivity contribution in [3.8, 4) is 0 Å². The molecular formula is C18H13BrN4O2. The Kier molecular flexibility index (Phi) is 4.07. The Hall–Kier alpha value is -2.93. The highest BCUT2D eigenvalue weighted by molar-refractivity contribution is 9.10. The van der Waals surface area contributed by atoms with E-state index in [9.17, 15) is 4.79 Å². The first-order valence-electron chi connectivity index (χ1n) is 7.61. The normalized spacial score (nSPS) is 10.9. The Morgan fingerprint density at radius 1 is 1.16 bits per heavy atom. The number of fused-ring (bicyclic) bond motifs is 1. The Labute approximate surface area is 151 Å². The van der Waals surface area contributed by atoms with Gasteiger partial charge in [-0.15, -0.1) is 5.10 Å². The molecule has 0 aliphatic heterocycles. The third-order valence-corrected chi connectivity index (χ3v) is 4.20. The van der Waals surface area contributed by atoms with Gasteiger partial charge in [-0.25, -0.2) is 9.67 Å². The molecule has 0 saturated carbocycles. The van der Waals surface area contributed by atoms with Crippen LogP contribution in [0.5, 0.6) is 0 Å². The van der Waals surface area contributed by atoms with Crippen molar-refractivity contribution in [3.05, 3.63) is 76.7 Å². The summed E-state index contributed by atoms with van der Waals surface area (Å²) in [7, 11) is 0. The third-order valence-electron chi connectivity index (χ3n) is 3.67. The number of halogens is 1. The van der Waals surface area contributed by atoms with Gasteiger partial charge in [-0.3, -0.25) is 10.1 Å². The van der Waals surface area contributed by atoms with Crippen LogP contribution in [-0.2, 0) is 6.54 Å². The minimum absolute atomic E-state index is 0.227. The molecule has 1 N–H and O–H groups in total. The Bertz CT molecular complexity index is 1000. The zero-order chi connectivity index (χ0) is 17.2. The molecule has 0 unspecified atom stereocenters. The van der Waals surface area contributed by atoms with E-state index >= 15 is 0 Å². The van der Waals surface area contributed by atoms with Crippen LogP contribution in [0.2, 0.25) is 0 Å². The fourth-order valence-corrected chi connectivity index (χ4v) is 2.73. The standard InChI is InChI=1S/C18H13BrN4O2/c19-14-7-5-12(6-8-14)10-23-11-20-18(22-23)21-17(24)16-9-13-3-1-2-4-15(13)25-16/h1-9,11H,10H2,(H,21,22,24). The fraction of sp³-hybridized carbons (Fsp3) is 0.0556. The van der Waals surface area contributed by atoms with Gasteiger partial charge >= 0.3 is 0 Å². The molecule has 25 heavy (non-hydrogen) atoms. The average Bonchev–Trinajstić information content (AvgIpc) is 3.23. The molecule has 1 amide bonds. The summed E-state index contributed by atoms with van der Waals surface area (Å²) in [5.74, 6) is 0.0885. The summed E-state index contributed by atoms with van der Waals surface area (Å²) in [5, 5.41) is 7.80. The number of rotatable bonds is 4. The van der Waals surface area contributed by atoms with Gasteiger partial charge in [-0.05, 0) is 29.8 Å². The summed E-state index contributed by atoms with van der Waals surface area (Å²) in [4.78, 5) is 16.4. The van der Waals surface area contributed by atoms with Crippen LogP contribution < -0.4 is 5.32 Å². The van der Waals surface area contributed by atoms with E-state index in [1.807, 2.05) is 48.5 Å². The largest absolute Gasteiger partial charge is 0.451 e. The number of carbonyl (C=O) groups is 1. The maximum absolute atomic E-state index is 12.3. The topological polar surface area (TPSA) is 73.0 Å². The number of carbonyl (C=O) groups excluding carboxylic acids is 1. The molecule has 0 fully saturated rings. The molecule has 0 radical (unpaired) electrons. The molecule has 4 aromatic rings. The monoisotopic (exact) mass is 396 g/mol. The molecule has 0 bridgehead atoms. The molecular weight excluding hydrogens is 384 g/mol. The van der Waals surface area contributed by atoms with Gasteiger partial charge in [0.1, 0.15) is 11.9 Å². The van der Waals surface area contributed by atoms with Gasteiger partial charge in [0.15, 0.2) is 5.76 Å². The van der Waals surface area contributed by atoms with Crippen LogP contribution in [0.25, 0.3) is 11.0 Å². The maximum atomic E-state index is 12.3. The lowest BCUT2D eigenvalue weighted by molar-refractivity contribution is 0.0998. The summed E-state index contributed by atoms with van der Waals surface area (Å²) >= 11 is 3.41. The van der Waals surface area contributed by atoms with Crippen molar-refractivity contribution in [2.24, 2.45) is 0 Å². The van der Waals surface area contributed by atoms with E-state index in [2.05, 4.69) is 31.3 Å². The Morgan fingerprint density at radius 3 is 2.76 bits per heavy atom. The summed E-state index contributed by atoms with van der Waals surface area (Å²) in [5.41, 5.74) is 1.75. The zero-order valence-electron chi connectivity index (χ0n) is 13.0. The van der Waals surface area contributed by atoms with Gasteiger partial charge < -0.3 is 4.42 Å². The highest BCUT2D eigenvalue weighted by Crippen LogP contribution is 2.19. The molecule has 0 aliphatic carbocycles. The molecule has 2 heterocycles. The number of benzene rings is 2.